The Bertz CT molecular complexity index is 540. The molecule has 1 aliphatic rings. The Kier molecular flexibility index (Phi) is 5.78. The molecular weight excluding hydrogens is 309 g/mol. The van der Waals surface area contributed by atoms with Crippen LogP contribution in [0.5, 0.6) is 0 Å². The molecule has 0 radical (unpaired) electrons. The number of halogens is 2. The SMILES string of the molecule is COCC[C@@]1(C(=O)O)CCCN(Cc2cc(F)ccc2Cl)C1. The van der Waals surface area contributed by atoms with Crippen molar-refractivity contribution >= 4 is 17.6 Å². The average Bonchev–Trinajstić information content (AvgIpc) is 2.49. The zero-order chi connectivity index (χ0) is 16.2. The minimum absolute atomic E-state index is 0.333. The van der Waals surface area contributed by atoms with E-state index in [1.54, 1.807) is 7.11 Å². The fourth-order valence-electron chi connectivity index (χ4n) is 3.05. The molecule has 1 atom stereocenters. The molecule has 1 aromatic carbocycles. The highest BCUT2D eigenvalue weighted by molar-refractivity contribution is 6.31. The maximum atomic E-state index is 13.4. The zero-order valence-electron chi connectivity index (χ0n) is 12.6. The van der Waals surface area contributed by atoms with E-state index in [1.807, 2.05) is 4.90 Å². The highest BCUT2D eigenvalue weighted by Gasteiger charge is 2.42. The molecule has 1 fully saturated rings. The van der Waals surface area contributed by atoms with Crippen LogP contribution in [-0.4, -0.2) is 42.8 Å². The number of carboxylic acid groups (broad SMARTS) is 1. The van der Waals surface area contributed by atoms with Crippen molar-refractivity contribution in [1.82, 2.24) is 4.90 Å². The molecule has 6 heteroatoms. The Morgan fingerprint density at radius 2 is 2.32 bits per heavy atom. The second-order valence-corrected chi connectivity index (χ2v) is 6.29. The van der Waals surface area contributed by atoms with Crippen LogP contribution in [0, 0.1) is 11.2 Å². The molecule has 2 rings (SSSR count). The first-order valence-electron chi connectivity index (χ1n) is 7.35. The number of ether oxygens (including phenoxy) is 1. The number of carbonyl (C=O) groups is 1. The summed E-state index contributed by atoms with van der Waals surface area (Å²) < 4.78 is 18.4. The first-order chi connectivity index (χ1) is 10.5. The fourth-order valence-corrected chi connectivity index (χ4v) is 3.23. The van der Waals surface area contributed by atoms with Crippen LogP contribution in [0.25, 0.3) is 0 Å². The van der Waals surface area contributed by atoms with E-state index >= 15 is 0 Å². The van der Waals surface area contributed by atoms with E-state index in [-0.39, 0.29) is 5.82 Å². The van der Waals surface area contributed by atoms with E-state index in [0.717, 1.165) is 13.0 Å². The summed E-state index contributed by atoms with van der Waals surface area (Å²) in [6.07, 6.45) is 1.91. The standard InChI is InChI=1S/C16H21ClFNO3/c1-22-8-6-16(15(20)21)5-2-7-19(11-16)10-12-9-13(18)3-4-14(12)17/h3-4,9H,2,5-8,10-11H2,1H3,(H,20,21)/t16-/m0/s1. The number of rotatable bonds is 6. The maximum absolute atomic E-state index is 13.4. The van der Waals surface area contributed by atoms with Gasteiger partial charge in [0.1, 0.15) is 5.82 Å². The Morgan fingerprint density at radius 3 is 3.00 bits per heavy atom. The second-order valence-electron chi connectivity index (χ2n) is 5.88. The van der Waals surface area contributed by atoms with Gasteiger partial charge in [-0.05, 0) is 49.6 Å². The van der Waals surface area contributed by atoms with E-state index in [0.29, 0.717) is 43.1 Å². The van der Waals surface area contributed by atoms with Gasteiger partial charge in [0.25, 0.3) is 0 Å². The third kappa shape index (κ3) is 3.97. The lowest BCUT2D eigenvalue weighted by atomic mass is 9.77. The summed E-state index contributed by atoms with van der Waals surface area (Å²) in [5, 5.41) is 10.1. The molecule has 0 aliphatic carbocycles. The van der Waals surface area contributed by atoms with Crippen LogP contribution in [0.1, 0.15) is 24.8 Å². The molecule has 1 aliphatic heterocycles. The third-order valence-corrected chi connectivity index (χ3v) is 4.66. The van der Waals surface area contributed by atoms with Crippen molar-refractivity contribution in [2.45, 2.75) is 25.8 Å². The van der Waals surface area contributed by atoms with Crippen molar-refractivity contribution in [1.29, 1.82) is 0 Å². The zero-order valence-corrected chi connectivity index (χ0v) is 13.4. The summed E-state index contributed by atoms with van der Waals surface area (Å²) in [6.45, 7) is 2.09. The maximum Gasteiger partial charge on any atom is 0.311 e. The third-order valence-electron chi connectivity index (χ3n) is 4.30. The average molecular weight is 330 g/mol. The van der Waals surface area contributed by atoms with Gasteiger partial charge in [-0.25, -0.2) is 4.39 Å². The summed E-state index contributed by atoms with van der Waals surface area (Å²) in [6, 6.07) is 4.27. The molecule has 1 heterocycles. The second kappa shape index (κ2) is 7.40. The van der Waals surface area contributed by atoms with Crippen molar-refractivity contribution in [3.05, 3.63) is 34.6 Å². The number of likely N-dealkylation sites (tertiary alicyclic amines) is 1. The first-order valence-corrected chi connectivity index (χ1v) is 7.73. The molecule has 0 amide bonds. The summed E-state index contributed by atoms with van der Waals surface area (Å²) in [5.41, 5.74) is -0.108. The van der Waals surface area contributed by atoms with E-state index < -0.39 is 11.4 Å². The van der Waals surface area contributed by atoms with Gasteiger partial charge in [0.15, 0.2) is 0 Å². The monoisotopic (exact) mass is 329 g/mol. The predicted octanol–water partition coefficient (Wildman–Crippen LogP) is 3.18. The van der Waals surface area contributed by atoms with Gasteiger partial charge in [-0.3, -0.25) is 9.69 Å². The van der Waals surface area contributed by atoms with Crippen LogP contribution in [-0.2, 0) is 16.1 Å². The quantitative estimate of drug-likeness (QED) is 0.871. The summed E-state index contributed by atoms with van der Waals surface area (Å²) in [7, 11) is 1.57. The number of nitrogens with zero attached hydrogens (tertiary/aromatic N) is 1. The van der Waals surface area contributed by atoms with Gasteiger partial charge in [-0.15, -0.1) is 0 Å². The Labute approximate surface area is 134 Å². The molecule has 22 heavy (non-hydrogen) atoms. The molecule has 122 valence electrons. The number of aliphatic carboxylic acids is 1. The lowest BCUT2D eigenvalue weighted by Crippen LogP contribution is -2.48. The molecule has 1 saturated heterocycles. The normalized spacial score (nSPS) is 22.7. The van der Waals surface area contributed by atoms with Gasteiger partial charge in [0.2, 0.25) is 0 Å². The summed E-state index contributed by atoms with van der Waals surface area (Å²) >= 11 is 6.10. The molecule has 0 spiro atoms. The van der Waals surface area contributed by atoms with Crippen LogP contribution in [0.15, 0.2) is 18.2 Å². The van der Waals surface area contributed by atoms with E-state index in [1.165, 1.54) is 18.2 Å². The smallest absolute Gasteiger partial charge is 0.311 e. The van der Waals surface area contributed by atoms with Gasteiger partial charge in [-0.2, -0.15) is 0 Å². The number of carboxylic acids is 1. The largest absolute Gasteiger partial charge is 0.481 e. The lowest BCUT2D eigenvalue weighted by molar-refractivity contribution is -0.154. The summed E-state index contributed by atoms with van der Waals surface area (Å²) in [4.78, 5) is 13.8. The molecule has 0 unspecified atom stereocenters. The lowest BCUT2D eigenvalue weighted by Gasteiger charge is -2.40. The minimum atomic E-state index is -0.798. The molecule has 1 aromatic rings. The van der Waals surface area contributed by atoms with Gasteiger partial charge in [-0.1, -0.05) is 11.6 Å². The predicted molar refractivity (Wildman–Crippen MR) is 82.5 cm³/mol. The molecule has 4 nitrogen and oxygen atoms in total. The number of benzene rings is 1. The molecular formula is C16H21ClFNO3. The van der Waals surface area contributed by atoms with Crippen LogP contribution < -0.4 is 0 Å². The number of methoxy groups -OCH3 is 1. The summed E-state index contributed by atoms with van der Waals surface area (Å²) in [5.74, 6) is -1.13. The molecule has 0 saturated carbocycles. The Balaban J connectivity index is 2.12. The van der Waals surface area contributed by atoms with Crippen LogP contribution in [0.3, 0.4) is 0 Å². The number of piperidine rings is 1. The van der Waals surface area contributed by atoms with Crippen molar-refractivity contribution in [2.24, 2.45) is 5.41 Å². The van der Waals surface area contributed by atoms with Crippen molar-refractivity contribution in [2.75, 3.05) is 26.8 Å². The Hall–Kier alpha value is -1.17. The molecule has 0 aromatic heterocycles. The van der Waals surface area contributed by atoms with E-state index in [2.05, 4.69) is 0 Å². The number of hydrogen-bond acceptors (Lipinski definition) is 3. The van der Waals surface area contributed by atoms with Gasteiger partial charge >= 0.3 is 5.97 Å². The highest BCUT2D eigenvalue weighted by atomic mass is 35.5. The van der Waals surface area contributed by atoms with E-state index in [9.17, 15) is 14.3 Å². The topological polar surface area (TPSA) is 49.8 Å². The van der Waals surface area contributed by atoms with Crippen LogP contribution >= 0.6 is 11.6 Å². The molecule has 0 bridgehead atoms. The van der Waals surface area contributed by atoms with Crippen LogP contribution in [0.2, 0.25) is 5.02 Å². The highest BCUT2D eigenvalue weighted by Crippen LogP contribution is 2.35. The van der Waals surface area contributed by atoms with Gasteiger partial charge in [0, 0.05) is 31.8 Å². The Morgan fingerprint density at radius 1 is 1.55 bits per heavy atom. The van der Waals surface area contributed by atoms with Gasteiger partial charge < -0.3 is 9.84 Å². The van der Waals surface area contributed by atoms with Crippen molar-refractivity contribution in [3.63, 3.8) is 0 Å². The number of hydrogen-bond donors (Lipinski definition) is 1. The first kappa shape index (κ1) is 17.2. The van der Waals surface area contributed by atoms with Crippen LogP contribution in [0.4, 0.5) is 4.39 Å². The minimum Gasteiger partial charge on any atom is -0.481 e. The van der Waals surface area contributed by atoms with Crippen molar-refractivity contribution in [3.8, 4) is 0 Å². The van der Waals surface area contributed by atoms with Crippen molar-refractivity contribution < 1.29 is 19.0 Å². The van der Waals surface area contributed by atoms with Gasteiger partial charge in [0.05, 0.1) is 5.41 Å². The fraction of sp³-hybridized carbons (Fsp3) is 0.562. The molecule has 1 N–H and O–H groups in total. The van der Waals surface area contributed by atoms with E-state index in [4.69, 9.17) is 16.3 Å².